The molecule has 0 saturated carbocycles. The van der Waals surface area contributed by atoms with Crippen LogP contribution in [0.4, 0.5) is 0 Å². The summed E-state index contributed by atoms with van der Waals surface area (Å²) in [5.41, 5.74) is 0. The molecule has 0 aromatic carbocycles. The second-order valence-corrected chi connectivity index (χ2v) is 19.1. The van der Waals surface area contributed by atoms with E-state index in [1.807, 2.05) is 0 Å². The average Bonchev–Trinajstić information content (AvgIpc) is 3.37. The first-order valence-electron chi connectivity index (χ1n) is 29.4. The molecule has 0 saturated heterocycles. The van der Waals surface area contributed by atoms with Crippen molar-refractivity contribution in [1.29, 1.82) is 0 Å². The lowest BCUT2D eigenvalue weighted by molar-refractivity contribution is -0.167. The highest BCUT2D eigenvalue weighted by Gasteiger charge is 2.19. The fourth-order valence-corrected chi connectivity index (χ4v) is 7.93. The third kappa shape index (κ3) is 56.9. The van der Waals surface area contributed by atoms with E-state index < -0.39 is 6.10 Å². The molecule has 0 spiro atoms. The van der Waals surface area contributed by atoms with Crippen LogP contribution >= 0.6 is 0 Å². The van der Waals surface area contributed by atoms with Gasteiger partial charge in [0.05, 0.1) is 0 Å². The van der Waals surface area contributed by atoms with Crippen LogP contribution in [0.15, 0.2) is 109 Å². The Balaban J connectivity index is 4.31. The van der Waals surface area contributed by atoms with Crippen LogP contribution in [-0.4, -0.2) is 37.2 Å². The Labute approximate surface area is 438 Å². The first kappa shape index (κ1) is 67.1. The van der Waals surface area contributed by atoms with Crippen molar-refractivity contribution in [2.45, 2.75) is 271 Å². The van der Waals surface area contributed by atoms with E-state index in [9.17, 15) is 14.4 Å². The summed E-state index contributed by atoms with van der Waals surface area (Å²) in [5.74, 6) is -0.911. The maximum absolute atomic E-state index is 12.9. The molecule has 0 aliphatic heterocycles. The van der Waals surface area contributed by atoms with Gasteiger partial charge in [-0.25, -0.2) is 0 Å². The van der Waals surface area contributed by atoms with Gasteiger partial charge in [-0.3, -0.25) is 14.4 Å². The quantitative estimate of drug-likeness (QED) is 0.0261. The number of esters is 3. The monoisotopic (exact) mass is 985 g/mol. The summed E-state index contributed by atoms with van der Waals surface area (Å²) in [4.78, 5) is 38.1. The molecule has 404 valence electrons. The number of carbonyl (C=O) groups is 3. The zero-order chi connectivity index (χ0) is 51.4. The molecule has 0 aliphatic rings. The Morgan fingerprint density at radius 1 is 0.296 bits per heavy atom. The number of ether oxygens (including phenoxy) is 3. The van der Waals surface area contributed by atoms with Crippen molar-refractivity contribution in [1.82, 2.24) is 0 Å². The lowest BCUT2D eigenvalue weighted by Gasteiger charge is -2.18. The number of hydrogen-bond acceptors (Lipinski definition) is 6. The van der Waals surface area contributed by atoms with Crippen molar-refractivity contribution < 1.29 is 28.6 Å². The predicted molar refractivity (Wildman–Crippen MR) is 307 cm³/mol. The molecule has 0 heterocycles. The molecule has 1 unspecified atom stereocenters. The molecule has 1 atom stereocenters. The van der Waals surface area contributed by atoms with Gasteiger partial charge in [0.2, 0.25) is 0 Å². The number of rotatable bonds is 52. The van der Waals surface area contributed by atoms with Gasteiger partial charge in [-0.15, -0.1) is 0 Å². The van der Waals surface area contributed by atoms with Crippen LogP contribution in [0.2, 0.25) is 0 Å². The molecule has 0 N–H and O–H groups in total. The fourth-order valence-electron chi connectivity index (χ4n) is 7.93. The molecule has 6 nitrogen and oxygen atoms in total. The van der Waals surface area contributed by atoms with Gasteiger partial charge < -0.3 is 14.2 Å². The van der Waals surface area contributed by atoms with E-state index in [1.165, 1.54) is 89.9 Å². The molecular formula is C65H108O6. The van der Waals surface area contributed by atoms with Crippen molar-refractivity contribution in [3.63, 3.8) is 0 Å². The minimum Gasteiger partial charge on any atom is -0.462 e. The summed E-state index contributed by atoms with van der Waals surface area (Å²) < 4.78 is 16.8. The molecule has 0 aromatic heterocycles. The van der Waals surface area contributed by atoms with E-state index in [0.717, 1.165) is 135 Å². The van der Waals surface area contributed by atoms with Gasteiger partial charge in [0.25, 0.3) is 0 Å². The van der Waals surface area contributed by atoms with Gasteiger partial charge in [0.15, 0.2) is 6.10 Å². The van der Waals surface area contributed by atoms with E-state index in [4.69, 9.17) is 14.2 Å². The van der Waals surface area contributed by atoms with Crippen LogP contribution in [0.25, 0.3) is 0 Å². The summed E-state index contributed by atoms with van der Waals surface area (Å²) in [5, 5.41) is 0. The van der Waals surface area contributed by atoms with Gasteiger partial charge in [-0.1, -0.05) is 252 Å². The molecule has 71 heavy (non-hydrogen) atoms. The third-order valence-electron chi connectivity index (χ3n) is 12.3. The van der Waals surface area contributed by atoms with Crippen LogP contribution in [0.1, 0.15) is 265 Å². The Morgan fingerprint density at radius 3 is 0.859 bits per heavy atom. The molecule has 0 aliphatic carbocycles. The topological polar surface area (TPSA) is 78.9 Å². The van der Waals surface area contributed by atoms with E-state index in [-0.39, 0.29) is 31.1 Å². The Bertz CT molecular complexity index is 1460. The number of allylic oxidation sites excluding steroid dienone is 18. The minimum atomic E-state index is -0.790. The Kier molecular flexibility index (Phi) is 55.4. The second kappa shape index (κ2) is 58.6. The van der Waals surface area contributed by atoms with Gasteiger partial charge in [-0.2, -0.15) is 0 Å². The molecule has 0 bridgehead atoms. The van der Waals surface area contributed by atoms with Gasteiger partial charge in [0, 0.05) is 19.3 Å². The van der Waals surface area contributed by atoms with Crippen LogP contribution in [0.5, 0.6) is 0 Å². The van der Waals surface area contributed by atoms with Gasteiger partial charge in [0.1, 0.15) is 13.2 Å². The zero-order valence-corrected chi connectivity index (χ0v) is 46.2. The standard InChI is InChI=1S/C65H108O6/c1-4-7-10-13-16-19-21-23-25-27-29-31-32-34-35-37-39-41-43-46-49-52-55-58-64(67)70-61-62(60-69-63(66)57-54-51-48-45-18-15-12-9-6-3)71-65(68)59-56-53-50-47-44-42-40-38-36-33-30-28-26-24-22-20-17-14-11-8-5-2/h7-8,10-11,16-17,19-20,23-26,29-31,33,38,40,62H,4-6,9,12-15,18,21-22,27-28,32,34-37,39,41-61H2,1-3H3/b10-7-,11-8-,19-16-,20-17-,25-23-,26-24-,31-29-,33-30-,40-38-. The predicted octanol–water partition coefficient (Wildman–Crippen LogP) is 19.9. The second-order valence-electron chi connectivity index (χ2n) is 19.1. The molecule has 6 heteroatoms. The Morgan fingerprint density at radius 2 is 0.549 bits per heavy atom. The van der Waals surface area contributed by atoms with Crippen molar-refractivity contribution in [3.8, 4) is 0 Å². The van der Waals surface area contributed by atoms with Crippen molar-refractivity contribution in [2.24, 2.45) is 0 Å². The van der Waals surface area contributed by atoms with E-state index in [0.29, 0.717) is 19.3 Å². The van der Waals surface area contributed by atoms with Crippen molar-refractivity contribution in [2.75, 3.05) is 13.2 Å². The molecular weight excluding hydrogens is 877 g/mol. The minimum absolute atomic E-state index is 0.0869. The fraction of sp³-hybridized carbons (Fsp3) is 0.677. The van der Waals surface area contributed by atoms with Gasteiger partial charge in [-0.05, 0) is 103 Å². The third-order valence-corrected chi connectivity index (χ3v) is 12.3. The lowest BCUT2D eigenvalue weighted by atomic mass is 10.1. The highest BCUT2D eigenvalue weighted by atomic mass is 16.6. The summed E-state index contributed by atoms with van der Waals surface area (Å²) in [7, 11) is 0. The summed E-state index contributed by atoms with van der Waals surface area (Å²) >= 11 is 0. The smallest absolute Gasteiger partial charge is 0.306 e. The normalized spacial score (nSPS) is 12.9. The molecule has 0 radical (unpaired) electrons. The SMILES string of the molecule is CC/C=C\C/C=C\C/C=C\C/C=C\C/C=C\CCCCCCCC(=O)OC(COC(=O)CCCCCCCCCCC)COC(=O)CCCCCCCCCCCC/C=C\C/C=C\C/C=C\C/C=C\CC. The molecule has 0 rings (SSSR count). The maximum atomic E-state index is 12.9. The number of hydrogen-bond donors (Lipinski definition) is 0. The maximum Gasteiger partial charge on any atom is 0.306 e. The lowest BCUT2D eigenvalue weighted by Crippen LogP contribution is -2.30. The van der Waals surface area contributed by atoms with E-state index in [2.05, 4.69) is 130 Å². The van der Waals surface area contributed by atoms with Crippen molar-refractivity contribution in [3.05, 3.63) is 109 Å². The summed E-state index contributed by atoms with van der Waals surface area (Å²) in [6.07, 6.45) is 79.4. The van der Waals surface area contributed by atoms with Crippen LogP contribution < -0.4 is 0 Å². The van der Waals surface area contributed by atoms with Gasteiger partial charge >= 0.3 is 17.9 Å². The van der Waals surface area contributed by atoms with E-state index >= 15 is 0 Å². The van der Waals surface area contributed by atoms with Crippen LogP contribution in [0.3, 0.4) is 0 Å². The molecule has 0 amide bonds. The summed E-state index contributed by atoms with van der Waals surface area (Å²) in [6.45, 7) is 6.38. The van der Waals surface area contributed by atoms with Crippen LogP contribution in [0, 0.1) is 0 Å². The highest BCUT2D eigenvalue weighted by molar-refractivity contribution is 5.71. The first-order valence-corrected chi connectivity index (χ1v) is 29.4. The van der Waals surface area contributed by atoms with E-state index in [1.54, 1.807) is 0 Å². The number of carbonyl (C=O) groups excluding carboxylic acids is 3. The number of unbranched alkanes of at least 4 members (excludes halogenated alkanes) is 23. The summed E-state index contributed by atoms with van der Waals surface area (Å²) in [6, 6.07) is 0. The van der Waals surface area contributed by atoms with Crippen LogP contribution in [-0.2, 0) is 28.6 Å². The average molecular weight is 986 g/mol. The highest BCUT2D eigenvalue weighted by Crippen LogP contribution is 2.15. The Hall–Kier alpha value is -3.93. The largest absolute Gasteiger partial charge is 0.462 e. The zero-order valence-electron chi connectivity index (χ0n) is 46.2. The molecule has 0 fully saturated rings. The van der Waals surface area contributed by atoms with Crippen molar-refractivity contribution >= 4 is 17.9 Å². The molecule has 0 aromatic rings. The first-order chi connectivity index (χ1) is 35.0.